The minimum Gasteiger partial charge on any atom is -0.369 e. The first-order chi connectivity index (χ1) is 14.0. The van der Waals surface area contributed by atoms with Crippen molar-refractivity contribution in [3.05, 3.63) is 69.8 Å². The number of carbonyl (C=O) groups is 1. The Morgan fingerprint density at radius 1 is 1.10 bits per heavy atom. The molecular formula is C22H28N4O3. The van der Waals surface area contributed by atoms with Crippen molar-refractivity contribution in [2.45, 2.75) is 19.8 Å². The summed E-state index contributed by atoms with van der Waals surface area (Å²) in [7, 11) is 0. The van der Waals surface area contributed by atoms with E-state index < -0.39 is 4.92 Å². The van der Waals surface area contributed by atoms with E-state index >= 15 is 0 Å². The van der Waals surface area contributed by atoms with Crippen molar-refractivity contribution in [2.75, 3.05) is 44.2 Å². The number of nitro groups is 1. The third kappa shape index (κ3) is 6.02. The molecule has 0 spiro atoms. The van der Waals surface area contributed by atoms with Gasteiger partial charge in [-0.3, -0.25) is 19.8 Å². The van der Waals surface area contributed by atoms with Crippen molar-refractivity contribution in [3.8, 4) is 0 Å². The molecule has 1 amide bonds. The lowest BCUT2D eigenvalue weighted by Gasteiger charge is -2.36. The van der Waals surface area contributed by atoms with Crippen LogP contribution in [0, 0.1) is 17.0 Å². The molecule has 7 nitrogen and oxygen atoms in total. The maximum absolute atomic E-state index is 12.1. The molecule has 0 radical (unpaired) electrons. The van der Waals surface area contributed by atoms with Crippen LogP contribution in [-0.2, 0) is 11.2 Å². The summed E-state index contributed by atoms with van der Waals surface area (Å²) in [6, 6.07) is 15.0. The fraction of sp³-hybridized carbons (Fsp3) is 0.409. The number of rotatable bonds is 8. The van der Waals surface area contributed by atoms with Crippen molar-refractivity contribution in [1.29, 1.82) is 0 Å². The van der Waals surface area contributed by atoms with Gasteiger partial charge >= 0.3 is 0 Å². The van der Waals surface area contributed by atoms with Gasteiger partial charge in [0.1, 0.15) is 0 Å². The van der Waals surface area contributed by atoms with Gasteiger partial charge in [0.2, 0.25) is 5.91 Å². The van der Waals surface area contributed by atoms with Crippen molar-refractivity contribution < 1.29 is 9.72 Å². The van der Waals surface area contributed by atoms with Crippen molar-refractivity contribution in [3.63, 3.8) is 0 Å². The normalized spacial score (nSPS) is 14.6. The Bertz CT molecular complexity index is 847. The van der Waals surface area contributed by atoms with E-state index in [0.717, 1.165) is 39.1 Å². The number of para-hydroxylation sites is 1. The van der Waals surface area contributed by atoms with Gasteiger partial charge in [0.05, 0.1) is 11.3 Å². The Balaban J connectivity index is 1.35. The van der Waals surface area contributed by atoms with E-state index in [1.165, 1.54) is 17.3 Å². The Morgan fingerprint density at radius 2 is 1.86 bits per heavy atom. The number of nitro benzene ring substituents is 1. The van der Waals surface area contributed by atoms with E-state index in [2.05, 4.69) is 46.3 Å². The van der Waals surface area contributed by atoms with Gasteiger partial charge < -0.3 is 10.2 Å². The van der Waals surface area contributed by atoms with Gasteiger partial charge in [0.15, 0.2) is 0 Å². The highest BCUT2D eigenvalue weighted by Gasteiger charge is 2.17. The number of benzene rings is 2. The number of anilines is 1. The second kappa shape index (κ2) is 10.0. The lowest BCUT2D eigenvalue weighted by atomic mass is 10.1. The van der Waals surface area contributed by atoms with E-state index in [-0.39, 0.29) is 18.0 Å². The summed E-state index contributed by atoms with van der Waals surface area (Å²) in [5, 5.41) is 13.9. The molecule has 0 bridgehead atoms. The Morgan fingerprint density at radius 3 is 2.59 bits per heavy atom. The molecule has 1 aliphatic heterocycles. The summed E-state index contributed by atoms with van der Waals surface area (Å²) in [5.41, 5.74) is 3.00. The molecule has 1 N–H and O–H groups in total. The van der Waals surface area contributed by atoms with E-state index in [1.54, 1.807) is 18.2 Å². The summed E-state index contributed by atoms with van der Waals surface area (Å²) in [6.07, 6.45) is 0.902. The maximum Gasteiger partial charge on any atom is 0.273 e. The Labute approximate surface area is 171 Å². The largest absolute Gasteiger partial charge is 0.369 e. The number of amides is 1. The van der Waals surface area contributed by atoms with Gasteiger partial charge in [0.25, 0.3) is 5.69 Å². The number of piperazine rings is 1. The molecule has 0 aliphatic carbocycles. The molecular weight excluding hydrogens is 368 g/mol. The monoisotopic (exact) mass is 396 g/mol. The van der Waals surface area contributed by atoms with Crippen LogP contribution in [0.2, 0.25) is 0 Å². The smallest absolute Gasteiger partial charge is 0.273 e. The van der Waals surface area contributed by atoms with Crippen LogP contribution in [0.3, 0.4) is 0 Å². The minimum atomic E-state index is -0.445. The molecule has 1 aliphatic rings. The van der Waals surface area contributed by atoms with Crippen LogP contribution in [-0.4, -0.2) is 55.0 Å². The number of aryl methyl sites for hydroxylation is 1. The van der Waals surface area contributed by atoms with Gasteiger partial charge in [-0.05, 0) is 37.6 Å². The van der Waals surface area contributed by atoms with Gasteiger partial charge in [-0.15, -0.1) is 0 Å². The zero-order chi connectivity index (χ0) is 20.6. The van der Waals surface area contributed by atoms with Crippen molar-refractivity contribution >= 4 is 17.3 Å². The van der Waals surface area contributed by atoms with E-state index in [1.807, 2.05) is 0 Å². The molecule has 0 atom stereocenters. The first-order valence-corrected chi connectivity index (χ1v) is 10.1. The molecule has 2 aromatic carbocycles. The third-order valence-electron chi connectivity index (χ3n) is 5.25. The molecule has 154 valence electrons. The standard InChI is InChI=1S/C22H28N4O3/c1-18-6-4-8-20(16-18)25-14-12-24(13-15-25)11-5-10-23-22(27)17-19-7-2-3-9-21(19)26(28)29/h2-4,6-9,16H,5,10-15,17H2,1H3,(H,23,27). The van der Waals surface area contributed by atoms with Gasteiger partial charge in [-0.25, -0.2) is 0 Å². The van der Waals surface area contributed by atoms with E-state index in [0.29, 0.717) is 12.1 Å². The van der Waals surface area contributed by atoms with Gasteiger partial charge in [-0.1, -0.05) is 30.3 Å². The van der Waals surface area contributed by atoms with Crippen molar-refractivity contribution in [2.24, 2.45) is 0 Å². The minimum absolute atomic E-state index is 0.00543. The fourth-order valence-electron chi connectivity index (χ4n) is 3.66. The van der Waals surface area contributed by atoms with Gasteiger partial charge in [0, 0.05) is 50.0 Å². The predicted molar refractivity (Wildman–Crippen MR) is 114 cm³/mol. The lowest BCUT2D eigenvalue weighted by Crippen LogP contribution is -2.47. The predicted octanol–water partition coefficient (Wildman–Crippen LogP) is 2.77. The number of carbonyl (C=O) groups excluding carboxylic acids is 1. The average molecular weight is 396 g/mol. The average Bonchev–Trinajstić information content (AvgIpc) is 2.72. The Hall–Kier alpha value is -2.93. The fourth-order valence-corrected chi connectivity index (χ4v) is 3.66. The highest BCUT2D eigenvalue weighted by Crippen LogP contribution is 2.19. The number of hydrogen-bond donors (Lipinski definition) is 1. The second-order valence-electron chi connectivity index (χ2n) is 7.43. The summed E-state index contributed by atoms with van der Waals surface area (Å²) in [6.45, 7) is 7.67. The molecule has 2 aromatic rings. The van der Waals surface area contributed by atoms with Crippen LogP contribution >= 0.6 is 0 Å². The summed E-state index contributed by atoms with van der Waals surface area (Å²) in [5.74, 6) is -0.177. The molecule has 7 heteroatoms. The maximum atomic E-state index is 12.1. The number of nitrogens with zero attached hydrogens (tertiary/aromatic N) is 3. The van der Waals surface area contributed by atoms with E-state index in [9.17, 15) is 14.9 Å². The molecule has 29 heavy (non-hydrogen) atoms. The lowest BCUT2D eigenvalue weighted by molar-refractivity contribution is -0.385. The molecule has 1 saturated heterocycles. The van der Waals surface area contributed by atoms with Crippen LogP contribution in [0.25, 0.3) is 0 Å². The third-order valence-corrected chi connectivity index (χ3v) is 5.25. The first kappa shape index (κ1) is 20.8. The summed E-state index contributed by atoms with van der Waals surface area (Å²) >= 11 is 0. The van der Waals surface area contributed by atoms with Crippen LogP contribution in [0.1, 0.15) is 17.5 Å². The van der Waals surface area contributed by atoms with Crippen LogP contribution in [0.15, 0.2) is 48.5 Å². The zero-order valence-corrected chi connectivity index (χ0v) is 16.8. The number of hydrogen-bond acceptors (Lipinski definition) is 5. The van der Waals surface area contributed by atoms with Gasteiger partial charge in [-0.2, -0.15) is 0 Å². The Kier molecular flexibility index (Phi) is 7.19. The van der Waals surface area contributed by atoms with E-state index in [4.69, 9.17) is 0 Å². The summed E-state index contributed by atoms with van der Waals surface area (Å²) < 4.78 is 0. The molecule has 0 aromatic heterocycles. The first-order valence-electron chi connectivity index (χ1n) is 10.1. The highest BCUT2D eigenvalue weighted by atomic mass is 16.6. The topological polar surface area (TPSA) is 78.7 Å². The molecule has 0 saturated carbocycles. The molecule has 0 unspecified atom stereocenters. The van der Waals surface area contributed by atoms with Crippen LogP contribution < -0.4 is 10.2 Å². The number of nitrogens with one attached hydrogen (secondary N) is 1. The molecule has 3 rings (SSSR count). The van der Waals surface area contributed by atoms with Crippen LogP contribution in [0.4, 0.5) is 11.4 Å². The zero-order valence-electron chi connectivity index (χ0n) is 16.8. The van der Waals surface area contributed by atoms with Crippen molar-refractivity contribution in [1.82, 2.24) is 10.2 Å². The second-order valence-corrected chi connectivity index (χ2v) is 7.43. The summed E-state index contributed by atoms with van der Waals surface area (Å²) in [4.78, 5) is 27.5. The molecule has 1 fully saturated rings. The molecule has 1 heterocycles. The van der Waals surface area contributed by atoms with Crippen LogP contribution in [0.5, 0.6) is 0 Å². The SMILES string of the molecule is Cc1cccc(N2CCN(CCCNC(=O)Cc3ccccc3[N+](=O)[O-])CC2)c1. The quantitative estimate of drug-likeness (QED) is 0.422. The highest BCUT2D eigenvalue weighted by molar-refractivity contribution is 5.79.